The average molecular weight is 306 g/mol. The molecular weight excluding hydrogens is 280 g/mol. The smallest absolute Gasteiger partial charge is 0.320 e. The number of carbonyl (C=O) groups is 1. The zero-order valence-corrected chi connectivity index (χ0v) is 13.4. The number of urea groups is 1. The van der Waals surface area contributed by atoms with Gasteiger partial charge in [-0.15, -0.1) is 0 Å². The molecule has 1 aromatic heterocycles. The lowest BCUT2D eigenvalue weighted by molar-refractivity contribution is 0.0346. The average Bonchev–Trinajstić information content (AvgIpc) is 2.98. The van der Waals surface area contributed by atoms with Crippen molar-refractivity contribution in [3.63, 3.8) is 0 Å². The van der Waals surface area contributed by atoms with E-state index in [2.05, 4.69) is 14.5 Å². The molecule has 2 aliphatic rings. The van der Waals surface area contributed by atoms with E-state index >= 15 is 0 Å². The Morgan fingerprint density at radius 1 is 1.32 bits per heavy atom. The molecule has 0 bridgehead atoms. The molecule has 0 spiro atoms. The summed E-state index contributed by atoms with van der Waals surface area (Å²) in [6.45, 7) is 6.63. The van der Waals surface area contributed by atoms with Crippen LogP contribution in [0.2, 0.25) is 0 Å². The summed E-state index contributed by atoms with van der Waals surface area (Å²) in [4.78, 5) is 21.1. The second kappa shape index (κ2) is 7.13. The van der Waals surface area contributed by atoms with Crippen LogP contribution >= 0.6 is 0 Å². The van der Waals surface area contributed by atoms with Crippen molar-refractivity contribution in [2.75, 3.05) is 32.8 Å². The molecule has 0 aromatic carbocycles. The van der Waals surface area contributed by atoms with Crippen LogP contribution in [0.4, 0.5) is 4.79 Å². The van der Waals surface area contributed by atoms with Crippen LogP contribution in [0.3, 0.4) is 0 Å². The Balaban J connectivity index is 1.60. The van der Waals surface area contributed by atoms with Crippen molar-refractivity contribution in [2.45, 2.75) is 45.2 Å². The van der Waals surface area contributed by atoms with E-state index in [0.29, 0.717) is 19.3 Å². The molecule has 3 rings (SSSR count). The van der Waals surface area contributed by atoms with E-state index in [1.54, 1.807) is 0 Å². The number of rotatable bonds is 3. The van der Waals surface area contributed by atoms with Gasteiger partial charge in [0.1, 0.15) is 5.82 Å². The molecule has 2 saturated heterocycles. The van der Waals surface area contributed by atoms with Crippen molar-refractivity contribution >= 4 is 6.03 Å². The van der Waals surface area contributed by atoms with Crippen LogP contribution in [0.5, 0.6) is 0 Å². The van der Waals surface area contributed by atoms with E-state index in [1.165, 1.54) is 6.42 Å². The van der Waals surface area contributed by atoms with Crippen LogP contribution in [0, 0.1) is 6.92 Å². The number of imidazole rings is 1. The maximum atomic E-state index is 12.8. The van der Waals surface area contributed by atoms with Gasteiger partial charge in [0.15, 0.2) is 0 Å². The largest absolute Gasteiger partial charge is 0.378 e. The Bertz CT molecular complexity index is 496. The van der Waals surface area contributed by atoms with Crippen LogP contribution in [-0.2, 0) is 11.3 Å². The van der Waals surface area contributed by atoms with Gasteiger partial charge in [0.05, 0.1) is 13.2 Å². The molecule has 6 nitrogen and oxygen atoms in total. The lowest BCUT2D eigenvalue weighted by Gasteiger charge is -2.40. The normalized spacial score (nSPS) is 22.9. The highest BCUT2D eigenvalue weighted by atomic mass is 16.5. The molecular formula is C16H26N4O2. The van der Waals surface area contributed by atoms with Gasteiger partial charge < -0.3 is 19.1 Å². The third kappa shape index (κ3) is 3.43. The molecule has 0 N–H and O–H groups in total. The van der Waals surface area contributed by atoms with Crippen LogP contribution < -0.4 is 0 Å². The van der Waals surface area contributed by atoms with E-state index in [-0.39, 0.29) is 6.03 Å². The molecule has 1 atom stereocenters. The fourth-order valence-electron chi connectivity index (χ4n) is 3.42. The molecule has 2 fully saturated rings. The fraction of sp³-hybridized carbons (Fsp3) is 0.750. The van der Waals surface area contributed by atoms with Crippen LogP contribution in [0.25, 0.3) is 0 Å². The number of amides is 2. The second-order valence-corrected chi connectivity index (χ2v) is 6.18. The maximum absolute atomic E-state index is 12.8. The molecule has 2 amide bonds. The van der Waals surface area contributed by atoms with Crippen molar-refractivity contribution in [1.29, 1.82) is 0 Å². The summed E-state index contributed by atoms with van der Waals surface area (Å²) < 4.78 is 7.52. The Labute approximate surface area is 132 Å². The van der Waals surface area contributed by atoms with Gasteiger partial charge in [-0.25, -0.2) is 9.78 Å². The van der Waals surface area contributed by atoms with Crippen molar-refractivity contribution in [2.24, 2.45) is 0 Å². The molecule has 3 heterocycles. The molecule has 22 heavy (non-hydrogen) atoms. The SMILES string of the molecule is Cc1nccn1CCC1CCCCN1C(=O)N1CCOCC1. The predicted molar refractivity (Wildman–Crippen MR) is 83.7 cm³/mol. The predicted octanol–water partition coefficient (Wildman–Crippen LogP) is 1.89. The Morgan fingerprint density at radius 2 is 2.14 bits per heavy atom. The monoisotopic (exact) mass is 306 g/mol. The van der Waals surface area contributed by atoms with Crippen molar-refractivity contribution < 1.29 is 9.53 Å². The number of likely N-dealkylation sites (tertiary alicyclic amines) is 1. The van der Waals surface area contributed by atoms with E-state index in [9.17, 15) is 4.79 Å². The number of aryl methyl sites for hydroxylation is 2. The molecule has 2 aliphatic heterocycles. The summed E-state index contributed by atoms with van der Waals surface area (Å²) >= 11 is 0. The lowest BCUT2D eigenvalue weighted by atomic mass is 9.99. The van der Waals surface area contributed by atoms with E-state index in [4.69, 9.17) is 4.74 Å². The van der Waals surface area contributed by atoms with Gasteiger partial charge in [0, 0.05) is 44.6 Å². The zero-order valence-electron chi connectivity index (χ0n) is 13.4. The third-order valence-corrected chi connectivity index (χ3v) is 4.78. The van der Waals surface area contributed by atoms with Gasteiger partial charge in [-0.05, 0) is 32.6 Å². The number of piperidine rings is 1. The summed E-state index contributed by atoms with van der Waals surface area (Å²) in [5.74, 6) is 1.04. The first-order valence-corrected chi connectivity index (χ1v) is 8.37. The molecule has 6 heteroatoms. The van der Waals surface area contributed by atoms with Gasteiger partial charge in [0.2, 0.25) is 0 Å². The van der Waals surface area contributed by atoms with Gasteiger partial charge in [0.25, 0.3) is 0 Å². The summed E-state index contributed by atoms with van der Waals surface area (Å²) in [5, 5.41) is 0. The molecule has 1 unspecified atom stereocenters. The van der Waals surface area contributed by atoms with Gasteiger partial charge in [-0.3, -0.25) is 0 Å². The fourth-order valence-corrected chi connectivity index (χ4v) is 3.42. The first-order valence-electron chi connectivity index (χ1n) is 8.37. The van der Waals surface area contributed by atoms with Crippen molar-refractivity contribution in [3.8, 4) is 0 Å². The first-order chi connectivity index (χ1) is 10.8. The first kappa shape index (κ1) is 15.3. The maximum Gasteiger partial charge on any atom is 0.320 e. The minimum absolute atomic E-state index is 0.204. The van der Waals surface area contributed by atoms with Gasteiger partial charge in [-0.2, -0.15) is 0 Å². The Hall–Kier alpha value is -1.56. The summed E-state index contributed by atoms with van der Waals surface area (Å²) in [5.41, 5.74) is 0. The third-order valence-electron chi connectivity index (χ3n) is 4.78. The second-order valence-electron chi connectivity index (χ2n) is 6.18. The van der Waals surface area contributed by atoms with Crippen molar-refractivity contribution in [1.82, 2.24) is 19.4 Å². The van der Waals surface area contributed by atoms with E-state index < -0.39 is 0 Å². The number of aromatic nitrogens is 2. The molecule has 0 aliphatic carbocycles. The highest BCUT2D eigenvalue weighted by Crippen LogP contribution is 2.22. The highest BCUT2D eigenvalue weighted by Gasteiger charge is 2.30. The Kier molecular flexibility index (Phi) is 4.97. The number of ether oxygens (including phenoxy) is 1. The lowest BCUT2D eigenvalue weighted by Crippen LogP contribution is -2.53. The van der Waals surface area contributed by atoms with E-state index in [1.807, 2.05) is 24.2 Å². The van der Waals surface area contributed by atoms with Crippen LogP contribution in [0.15, 0.2) is 12.4 Å². The molecule has 122 valence electrons. The van der Waals surface area contributed by atoms with Crippen LogP contribution in [0.1, 0.15) is 31.5 Å². The summed E-state index contributed by atoms with van der Waals surface area (Å²) in [6, 6.07) is 0.557. The summed E-state index contributed by atoms with van der Waals surface area (Å²) in [6.07, 6.45) is 8.33. The topological polar surface area (TPSA) is 50.6 Å². The highest BCUT2D eigenvalue weighted by molar-refractivity contribution is 5.75. The van der Waals surface area contributed by atoms with Gasteiger partial charge >= 0.3 is 6.03 Å². The minimum atomic E-state index is 0.204. The summed E-state index contributed by atoms with van der Waals surface area (Å²) in [7, 11) is 0. The quantitative estimate of drug-likeness (QED) is 0.857. The standard InChI is InChI=1S/C16H26N4O2/c1-14-17-6-9-18(14)8-5-15-4-2-3-7-20(15)16(21)19-10-12-22-13-11-19/h6,9,15H,2-5,7-8,10-13H2,1H3. The molecule has 1 aromatic rings. The zero-order chi connectivity index (χ0) is 15.4. The molecule has 0 saturated carbocycles. The molecule has 0 radical (unpaired) electrons. The van der Waals surface area contributed by atoms with Gasteiger partial charge in [-0.1, -0.05) is 0 Å². The number of morpholine rings is 1. The Morgan fingerprint density at radius 3 is 2.86 bits per heavy atom. The van der Waals surface area contributed by atoms with Crippen molar-refractivity contribution in [3.05, 3.63) is 18.2 Å². The van der Waals surface area contributed by atoms with E-state index in [0.717, 1.165) is 51.3 Å². The minimum Gasteiger partial charge on any atom is -0.378 e. The number of hydrogen-bond donors (Lipinski definition) is 0. The number of nitrogens with zero attached hydrogens (tertiary/aromatic N) is 4. The van der Waals surface area contributed by atoms with Crippen LogP contribution in [-0.4, -0.2) is 64.3 Å². The number of hydrogen-bond acceptors (Lipinski definition) is 3. The number of carbonyl (C=O) groups excluding carboxylic acids is 1.